The van der Waals surface area contributed by atoms with E-state index in [1.807, 2.05) is 18.7 Å². The smallest absolute Gasteiger partial charge is 0.191 e. The van der Waals surface area contributed by atoms with E-state index in [0.29, 0.717) is 6.54 Å². The van der Waals surface area contributed by atoms with Gasteiger partial charge in [0.1, 0.15) is 0 Å². The Morgan fingerprint density at radius 3 is 2.61 bits per heavy atom. The maximum Gasteiger partial charge on any atom is 0.191 e. The molecular formula is C12H28IN3OS. The van der Waals surface area contributed by atoms with Gasteiger partial charge in [0.2, 0.25) is 0 Å². The van der Waals surface area contributed by atoms with Crippen LogP contribution in [0.3, 0.4) is 0 Å². The van der Waals surface area contributed by atoms with Crippen LogP contribution in [0.1, 0.15) is 26.7 Å². The molecule has 0 saturated carbocycles. The molecule has 0 radical (unpaired) electrons. The Hall–Kier alpha value is 0.310. The molecule has 0 heterocycles. The first-order valence-corrected chi connectivity index (χ1v) is 7.75. The summed E-state index contributed by atoms with van der Waals surface area (Å²) in [6.45, 7) is 6.73. The monoisotopic (exact) mass is 389 g/mol. The fraction of sp³-hybridized carbons (Fsp3) is 0.917. The highest BCUT2D eigenvalue weighted by Crippen LogP contribution is 1.98. The number of hydrogen-bond donors (Lipinski definition) is 3. The second kappa shape index (κ2) is 15.4. The highest BCUT2D eigenvalue weighted by Gasteiger charge is 2.00. The third-order valence-electron chi connectivity index (χ3n) is 2.28. The van der Waals surface area contributed by atoms with Gasteiger partial charge in [-0.1, -0.05) is 6.92 Å². The highest BCUT2D eigenvalue weighted by atomic mass is 127. The number of thioether (sulfide) groups is 1. The lowest BCUT2D eigenvalue weighted by Gasteiger charge is -2.12. The standard InChI is InChI=1S/C12H27N3OS.HI/c1-4-13-12(15-9-11(2)10-16)14-7-5-6-8-17-3;/h11,16H,4-10H2,1-3H3,(H2,13,14,15);1H. The third-order valence-corrected chi connectivity index (χ3v) is 2.98. The number of aliphatic hydroxyl groups is 1. The van der Waals surface area contributed by atoms with Crippen LogP contribution >= 0.6 is 35.7 Å². The van der Waals surface area contributed by atoms with Crippen LogP contribution < -0.4 is 10.6 Å². The van der Waals surface area contributed by atoms with Crippen molar-refractivity contribution in [1.82, 2.24) is 10.6 Å². The minimum atomic E-state index is 0. The van der Waals surface area contributed by atoms with Crippen LogP contribution in [0.5, 0.6) is 0 Å². The van der Waals surface area contributed by atoms with E-state index in [0.717, 1.165) is 19.0 Å². The van der Waals surface area contributed by atoms with E-state index in [2.05, 4.69) is 28.8 Å². The number of halogens is 1. The average molecular weight is 389 g/mol. The summed E-state index contributed by atoms with van der Waals surface area (Å²) in [4.78, 5) is 4.43. The Balaban J connectivity index is 0. The van der Waals surface area contributed by atoms with Crippen LogP contribution in [-0.4, -0.2) is 49.3 Å². The maximum absolute atomic E-state index is 8.94. The van der Waals surface area contributed by atoms with E-state index < -0.39 is 0 Å². The van der Waals surface area contributed by atoms with Crippen molar-refractivity contribution in [2.24, 2.45) is 10.9 Å². The number of aliphatic hydroxyl groups excluding tert-OH is 1. The zero-order valence-corrected chi connectivity index (χ0v) is 14.9. The number of guanidine groups is 1. The fourth-order valence-electron chi connectivity index (χ4n) is 1.22. The molecule has 0 amide bonds. The van der Waals surface area contributed by atoms with E-state index in [4.69, 9.17) is 5.11 Å². The normalized spacial score (nSPS) is 12.8. The van der Waals surface area contributed by atoms with Crippen molar-refractivity contribution < 1.29 is 5.11 Å². The van der Waals surface area contributed by atoms with Gasteiger partial charge in [0.15, 0.2) is 5.96 Å². The molecular weight excluding hydrogens is 361 g/mol. The first-order valence-electron chi connectivity index (χ1n) is 6.36. The van der Waals surface area contributed by atoms with Crippen LogP contribution in [0.4, 0.5) is 0 Å². The van der Waals surface area contributed by atoms with Gasteiger partial charge >= 0.3 is 0 Å². The Morgan fingerprint density at radius 2 is 2.06 bits per heavy atom. The largest absolute Gasteiger partial charge is 0.396 e. The number of nitrogens with one attached hydrogen (secondary N) is 2. The van der Waals surface area contributed by atoms with Crippen molar-refractivity contribution in [2.75, 3.05) is 38.2 Å². The number of rotatable bonds is 9. The molecule has 0 saturated heterocycles. The van der Waals surface area contributed by atoms with Crippen LogP contribution in [0, 0.1) is 5.92 Å². The van der Waals surface area contributed by atoms with Gasteiger partial charge in [-0.3, -0.25) is 4.99 Å². The minimum absolute atomic E-state index is 0. The van der Waals surface area contributed by atoms with E-state index >= 15 is 0 Å². The zero-order chi connectivity index (χ0) is 12.9. The molecule has 18 heavy (non-hydrogen) atoms. The lowest BCUT2D eigenvalue weighted by molar-refractivity contribution is 0.241. The molecule has 6 heteroatoms. The van der Waals surface area contributed by atoms with Crippen LogP contribution in [0.15, 0.2) is 4.99 Å². The fourth-order valence-corrected chi connectivity index (χ4v) is 1.72. The number of hydrogen-bond acceptors (Lipinski definition) is 3. The van der Waals surface area contributed by atoms with Gasteiger partial charge in [-0.2, -0.15) is 11.8 Å². The molecule has 0 bridgehead atoms. The molecule has 0 rings (SSSR count). The quantitative estimate of drug-likeness (QED) is 0.244. The molecule has 110 valence electrons. The molecule has 0 aromatic rings. The lowest BCUT2D eigenvalue weighted by atomic mass is 10.2. The number of nitrogens with zero attached hydrogens (tertiary/aromatic N) is 1. The Morgan fingerprint density at radius 1 is 1.33 bits per heavy atom. The second-order valence-corrected chi connectivity index (χ2v) is 5.12. The summed E-state index contributed by atoms with van der Waals surface area (Å²) in [6, 6.07) is 0. The first-order chi connectivity index (χ1) is 8.24. The van der Waals surface area contributed by atoms with Crippen molar-refractivity contribution in [3.05, 3.63) is 0 Å². The molecule has 0 spiro atoms. The van der Waals surface area contributed by atoms with E-state index in [9.17, 15) is 0 Å². The summed E-state index contributed by atoms with van der Waals surface area (Å²) in [5.74, 6) is 2.30. The van der Waals surface area contributed by atoms with Gasteiger partial charge in [0.05, 0.1) is 0 Å². The topological polar surface area (TPSA) is 56.7 Å². The highest BCUT2D eigenvalue weighted by molar-refractivity contribution is 14.0. The predicted octanol–water partition coefficient (Wildman–Crippen LogP) is 1.93. The summed E-state index contributed by atoms with van der Waals surface area (Å²) in [5.41, 5.74) is 0. The zero-order valence-electron chi connectivity index (χ0n) is 11.7. The molecule has 0 aromatic carbocycles. The van der Waals surface area contributed by atoms with Crippen molar-refractivity contribution in [3.63, 3.8) is 0 Å². The summed E-state index contributed by atoms with van der Waals surface area (Å²) >= 11 is 1.89. The van der Waals surface area contributed by atoms with Gasteiger partial charge in [-0.05, 0) is 37.7 Å². The summed E-state index contributed by atoms with van der Waals surface area (Å²) < 4.78 is 0. The van der Waals surface area contributed by atoms with Crippen LogP contribution in [0.2, 0.25) is 0 Å². The van der Waals surface area contributed by atoms with E-state index in [-0.39, 0.29) is 36.5 Å². The number of unbranched alkanes of at least 4 members (excludes halogenated alkanes) is 1. The molecule has 0 aliphatic rings. The Kier molecular flexibility index (Phi) is 17.6. The molecule has 0 aromatic heterocycles. The van der Waals surface area contributed by atoms with Crippen molar-refractivity contribution in [1.29, 1.82) is 0 Å². The lowest BCUT2D eigenvalue weighted by Crippen LogP contribution is -2.38. The second-order valence-electron chi connectivity index (χ2n) is 4.13. The van der Waals surface area contributed by atoms with Crippen molar-refractivity contribution in [2.45, 2.75) is 26.7 Å². The summed E-state index contributed by atoms with van der Waals surface area (Å²) in [5, 5.41) is 15.5. The Bertz CT molecular complexity index is 206. The molecule has 0 fully saturated rings. The van der Waals surface area contributed by atoms with Gasteiger partial charge in [0, 0.05) is 26.2 Å². The third kappa shape index (κ3) is 12.8. The van der Waals surface area contributed by atoms with Crippen molar-refractivity contribution >= 4 is 41.7 Å². The first kappa shape index (κ1) is 20.6. The van der Waals surface area contributed by atoms with E-state index in [1.54, 1.807) is 0 Å². The Labute approximate surface area is 133 Å². The van der Waals surface area contributed by atoms with Gasteiger partial charge < -0.3 is 15.7 Å². The molecule has 0 aliphatic heterocycles. The van der Waals surface area contributed by atoms with Gasteiger partial charge in [-0.15, -0.1) is 24.0 Å². The molecule has 0 aliphatic carbocycles. The molecule has 1 unspecified atom stereocenters. The van der Waals surface area contributed by atoms with Crippen molar-refractivity contribution in [3.8, 4) is 0 Å². The average Bonchev–Trinajstić information content (AvgIpc) is 2.35. The minimum Gasteiger partial charge on any atom is -0.396 e. The summed E-state index contributed by atoms with van der Waals surface area (Å²) in [6.07, 6.45) is 4.54. The molecule has 1 atom stereocenters. The maximum atomic E-state index is 8.94. The van der Waals surface area contributed by atoms with Gasteiger partial charge in [-0.25, -0.2) is 0 Å². The van der Waals surface area contributed by atoms with Crippen LogP contribution in [0.25, 0.3) is 0 Å². The predicted molar refractivity (Wildman–Crippen MR) is 93.3 cm³/mol. The van der Waals surface area contributed by atoms with Crippen LogP contribution in [-0.2, 0) is 0 Å². The SMILES string of the molecule is CCNC(=NCC(C)CO)NCCCCSC.I. The van der Waals surface area contributed by atoms with Gasteiger partial charge in [0.25, 0.3) is 0 Å². The molecule has 3 N–H and O–H groups in total. The number of aliphatic imine (C=N–C) groups is 1. The van der Waals surface area contributed by atoms with E-state index in [1.165, 1.54) is 18.6 Å². The summed E-state index contributed by atoms with van der Waals surface area (Å²) in [7, 11) is 0. The molecule has 4 nitrogen and oxygen atoms in total.